The standard InChI is InChI=1S/C18H26N4O5/c1-11-7-12(2)22(18(26)19-11)10-16(24)20-14-8-13(9-15(14)23)17(25)21-3-5-27-6-4-21/h7,13-15,23H,3-6,8-10H2,1-2H3,(H,20,24)/t13-,14-,15-/m0/s1. The van der Waals surface area contributed by atoms with Gasteiger partial charge in [-0.2, -0.15) is 4.98 Å². The summed E-state index contributed by atoms with van der Waals surface area (Å²) in [5, 5.41) is 13.0. The van der Waals surface area contributed by atoms with Crippen LogP contribution in [0.15, 0.2) is 10.9 Å². The van der Waals surface area contributed by atoms with Crippen LogP contribution in [-0.2, 0) is 20.9 Å². The van der Waals surface area contributed by atoms with Crippen molar-refractivity contribution in [2.45, 2.75) is 45.4 Å². The average molecular weight is 378 g/mol. The fourth-order valence-corrected chi connectivity index (χ4v) is 3.78. The SMILES string of the molecule is Cc1cc(C)n(CC(=O)N[C@H]2C[C@H](C(=O)N3CCOCC3)C[C@@H]2O)c(=O)n1. The van der Waals surface area contributed by atoms with Gasteiger partial charge in [0.1, 0.15) is 6.54 Å². The molecule has 2 amide bonds. The number of amides is 2. The van der Waals surface area contributed by atoms with Crippen molar-refractivity contribution in [1.82, 2.24) is 19.8 Å². The molecule has 0 radical (unpaired) electrons. The lowest BCUT2D eigenvalue weighted by Gasteiger charge is -2.29. The summed E-state index contributed by atoms with van der Waals surface area (Å²) in [6.45, 7) is 5.48. The lowest BCUT2D eigenvalue weighted by atomic mass is 10.1. The molecule has 0 spiro atoms. The summed E-state index contributed by atoms with van der Waals surface area (Å²) in [4.78, 5) is 42.5. The molecule has 1 aliphatic heterocycles. The van der Waals surface area contributed by atoms with Gasteiger partial charge in [-0.3, -0.25) is 14.2 Å². The summed E-state index contributed by atoms with van der Waals surface area (Å²) >= 11 is 0. The first-order valence-electron chi connectivity index (χ1n) is 9.24. The first kappa shape index (κ1) is 19.5. The summed E-state index contributed by atoms with van der Waals surface area (Å²) in [6.07, 6.45) is -0.0621. The second-order valence-corrected chi connectivity index (χ2v) is 7.25. The average Bonchev–Trinajstić information content (AvgIpc) is 2.98. The molecule has 148 valence electrons. The zero-order valence-electron chi connectivity index (χ0n) is 15.7. The molecule has 1 aromatic rings. The first-order chi connectivity index (χ1) is 12.8. The fourth-order valence-electron chi connectivity index (χ4n) is 3.78. The van der Waals surface area contributed by atoms with Gasteiger partial charge in [0, 0.05) is 30.4 Å². The summed E-state index contributed by atoms with van der Waals surface area (Å²) < 4.78 is 6.55. The van der Waals surface area contributed by atoms with Crippen LogP contribution in [0.4, 0.5) is 0 Å². The van der Waals surface area contributed by atoms with Gasteiger partial charge in [0.05, 0.1) is 25.4 Å². The van der Waals surface area contributed by atoms with Crippen molar-refractivity contribution >= 4 is 11.8 Å². The van der Waals surface area contributed by atoms with E-state index in [-0.39, 0.29) is 24.3 Å². The number of rotatable bonds is 4. The van der Waals surface area contributed by atoms with Crippen LogP contribution in [0.5, 0.6) is 0 Å². The van der Waals surface area contributed by atoms with Crippen LogP contribution in [-0.4, -0.2) is 69.8 Å². The largest absolute Gasteiger partial charge is 0.391 e. The predicted octanol–water partition coefficient (Wildman–Crippen LogP) is -1.03. The quantitative estimate of drug-likeness (QED) is 0.693. The second-order valence-electron chi connectivity index (χ2n) is 7.25. The molecule has 3 rings (SSSR count). The number of carbonyl (C=O) groups is 2. The molecule has 1 aliphatic carbocycles. The number of morpholine rings is 1. The van der Waals surface area contributed by atoms with E-state index in [4.69, 9.17) is 4.74 Å². The third-order valence-corrected chi connectivity index (χ3v) is 5.20. The monoisotopic (exact) mass is 378 g/mol. The Hall–Kier alpha value is -2.26. The van der Waals surface area contributed by atoms with E-state index in [1.54, 1.807) is 24.8 Å². The van der Waals surface area contributed by atoms with Gasteiger partial charge in [0.15, 0.2) is 0 Å². The van der Waals surface area contributed by atoms with Crippen LogP contribution in [0.2, 0.25) is 0 Å². The molecule has 0 unspecified atom stereocenters. The summed E-state index contributed by atoms with van der Waals surface area (Å²) in [5.74, 6) is -0.688. The molecule has 2 heterocycles. The number of carbonyl (C=O) groups excluding carboxylic acids is 2. The van der Waals surface area contributed by atoms with Crippen molar-refractivity contribution < 1.29 is 19.4 Å². The number of hydrogen-bond donors (Lipinski definition) is 2. The molecule has 1 saturated heterocycles. The van der Waals surface area contributed by atoms with Crippen molar-refractivity contribution in [2.75, 3.05) is 26.3 Å². The molecule has 2 N–H and O–H groups in total. The smallest absolute Gasteiger partial charge is 0.348 e. The lowest BCUT2D eigenvalue weighted by Crippen LogP contribution is -2.44. The van der Waals surface area contributed by atoms with Crippen molar-refractivity contribution in [1.29, 1.82) is 0 Å². The molecule has 9 nitrogen and oxygen atoms in total. The summed E-state index contributed by atoms with van der Waals surface area (Å²) in [6, 6.07) is 1.23. The Morgan fingerprint density at radius 2 is 2.00 bits per heavy atom. The van der Waals surface area contributed by atoms with E-state index < -0.39 is 17.8 Å². The topological polar surface area (TPSA) is 114 Å². The maximum Gasteiger partial charge on any atom is 0.348 e. The van der Waals surface area contributed by atoms with E-state index in [1.807, 2.05) is 0 Å². The molecule has 0 aromatic carbocycles. The molecule has 3 atom stereocenters. The maximum atomic E-state index is 12.6. The highest BCUT2D eigenvalue weighted by Gasteiger charge is 2.39. The van der Waals surface area contributed by atoms with Gasteiger partial charge < -0.3 is 20.1 Å². The zero-order chi connectivity index (χ0) is 19.6. The number of ether oxygens (including phenoxy) is 1. The van der Waals surface area contributed by atoms with Crippen LogP contribution >= 0.6 is 0 Å². The Balaban J connectivity index is 1.58. The fraction of sp³-hybridized carbons (Fsp3) is 0.667. The van der Waals surface area contributed by atoms with E-state index in [2.05, 4.69) is 10.3 Å². The van der Waals surface area contributed by atoms with Crippen LogP contribution in [0.3, 0.4) is 0 Å². The van der Waals surface area contributed by atoms with Gasteiger partial charge in [-0.15, -0.1) is 0 Å². The van der Waals surface area contributed by atoms with Crippen LogP contribution in [0.25, 0.3) is 0 Å². The Labute approximate surface area is 157 Å². The minimum atomic E-state index is -0.780. The van der Waals surface area contributed by atoms with Gasteiger partial charge in [0.2, 0.25) is 11.8 Å². The molecule has 1 aromatic heterocycles. The van der Waals surface area contributed by atoms with Gasteiger partial charge in [-0.1, -0.05) is 0 Å². The third-order valence-electron chi connectivity index (χ3n) is 5.20. The maximum absolute atomic E-state index is 12.6. The number of nitrogens with zero attached hydrogens (tertiary/aromatic N) is 3. The number of aryl methyl sites for hydroxylation is 2. The number of aliphatic hydroxyl groups is 1. The van der Waals surface area contributed by atoms with Gasteiger partial charge in [-0.05, 0) is 32.8 Å². The molecule has 0 bridgehead atoms. The Bertz CT molecular complexity index is 772. The number of aliphatic hydroxyl groups excluding tert-OH is 1. The van der Waals surface area contributed by atoms with E-state index in [9.17, 15) is 19.5 Å². The van der Waals surface area contributed by atoms with Gasteiger partial charge in [0.25, 0.3) is 0 Å². The number of nitrogens with one attached hydrogen (secondary N) is 1. The predicted molar refractivity (Wildman–Crippen MR) is 96.0 cm³/mol. The summed E-state index contributed by atoms with van der Waals surface area (Å²) in [5.41, 5.74) is 0.773. The minimum absolute atomic E-state index is 0.00361. The van der Waals surface area contributed by atoms with Crippen molar-refractivity contribution in [3.05, 3.63) is 27.9 Å². The molecular weight excluding hydrogens is 352 g/mol. The van der Waals surface area contributed by atoms with E-state index in [1.165, 1.54) is 4.57 Å². The number of hydrogen-bond acceptors (Lipinski definition) is 6. The van der Waals surface area contributed by atoms with Crippen LogP contribution < -0.4 is 11.0 Å². The highest BCUT2D eigenvalue weighted by molar-refractivity contribution is 5.80. The van der Waals surface area contributed by atoms with Crippen molar-refractivity contribution in [2.24, 2.45) is 5.92 Å². The lowest BCUT2D eigenvalue weighted by molar-refractivity contribution is -0.139. The Morgan fingerprint density at radius 3 is 2.67 bits per heavy atom. The van der Waals surface area contributed by atoms with E-state index in [0.717, 1.165) is 0 Å². The molecule has 2 fully saturated rings. The zero-order valence-corrected chi connectivity index (χ0v) is 15.7. The highest BCUT2D eigenvalue weighted by atomic mass is 16.5. The third kappa shape index (κ3) is 4.54. The summed E-state index contributed by atoms with van der Waals surface area (Å²) in [7, 11) is 0. The highest BCUT2D eigenvalue weighted by Crippen LogP contribution is 2.28. The Kier molecular flexibility index (Phi) is 5.91. The van der Waals surface area contributed by atoms with E-state index >= 15 is 0 Å². The van der Waals surface area contributed by atoms with Crippen LogP contribution in [0.1, 0.15) is 24.2 Å². The minimum Gasteiger partial charge on any atom is -0.391 e. The van der Waals surface area contributed by atoms with Crippen molar-refractivity contribution in [3.63, 3.8) is 0 Å². The number of aromatic nitrogens is 2. The normalized spacial score (nSPS) is 25.4. The van der Waals surface area contributed by atoms with Crippen molar-refractivity contribution in [3.8, 4) is 0 Å². The molecular formula is C18H26N4O5. The molecule has 1 saturated carbocycles. The van der Waals surface area contributed by atoms with Gasteiger partial charge >= 0.3 is 5.69 Å². The first-order valence-corrected chi connectivity index (χ1v) is 9.24. The molecule has 27 heavy (non-hydrogen) atoms. The second kappa shape index (κ2) is 8.18. The van der Waals surface area contributed by atoms with Gasteiger partial charge in [-0.25, -0.2) is 4.79 Å². The van der Waals surface area contributed by atoms with Crippen LogP contribution in [0, 0.1) is 19.8 Å². The van der Waals surface area contributed by atoms with E-state index in [0.29, 0.717) is 50.5 Å². The Morgan fingerprint density at radius 1 is 1.30 bits per heavy atom. The molecule has 2 aliphatic rings. The molecule has 9 heteroatoms.